The van der Waals surface area contributed by atoms with Crippen LogP contribution in [0, 0.1) is 6.92 Å². The van der Waals surface area contributed by atoms with Crippen LogP contribution in [-0.2, 0) is 13.0 Å². The molecule has 0 aliphatic rings. The lowest BCUT2D eigenvalue weighted by molar-refractivity contribution is 0.0948. The van der Waals surface area contributed by atoms with Gasteiger partial charge in [0.25, 0.3) is 5.91 Å². The average Bonchev–Trinajstić information content (AvgIpc) is 3.15. The number of hydrogen-bond acceptors (Lipinski definition) is 3. The van der Waals surface area contributed by atoms with Crippen LogP contribution in [-0.4, -0.2) is 32.2 Å². The molecule has 2 N–H and O–H groups in total. The predicted molar refractivity (Wildman–Crippen MR) is 89.4 cm³/mol. The van der Waals surface area contributed by atoms with Crippen molar-refractivity contribution in [2.75, 3.05) is 6.54 Å². The fourth-order valence-corrected chi connectivity index (χ4v) is 2.67. The largest absolute Gasteiger partial charge is 0.351 e. The molecule has 1 aromatic carbocycles. The molecule has 2 aromatic heterocycles. The van der Waals surface area contributed by atoms with Gasteiger partial charge in [0.1, 0.15) is 11.5 Å². The molecule has 0 radical (unpaired) electrons. The van der Waals surface area contributed by atoms with Gasteiger partial charge in [0.05, 0.1) is 11.0 Å². The van der Waals surface area contributed by atoms with E-state index in [1.165, 1.54) is 0 Å². The lowest BCUT2D eigenvalue weighted by atomic mass is 10.3. The van der Waals surface area contributed by atoms with E-state index in [2.05, 4.69) is 31.1 Å². The van der Waals surface area contributed by atoms with E-state index in [0.717, 1.165) is 41.9 Å². The summed E-state index contributed by atoms with van der Waals surface area (Å²) in [7, 11) is 0. The van der Waals surface area contributed by atoms with Crippen LogP contribution in [0.15, 0.2) is 30.3 Å². The van der Waals surface area contributed by atoms with Crippen molar-refractivity contribution in [3.05, 3.63) is 47.5 Å². The number of nitrogens with zero attached hydrogens (tertiary/aromatic N) is 3. The summed E-state index contributed by atoms with van der Waals surface area (Å²) in [6.45, 7) is 5.47. The molecule has 6 heteroatoms. The lowest BCUT2D eigenvalue weighted by Crippen LogP contribution is -2.25. The topological polar surface area (TPSA) is 75.6 Å². The average molecular weight is 311 g/mol. The maximum absolute atomic E-state index is 12.0. The van der Waals surface area contributed by atoms with Gasteiger partial charge in [-0.3, -0.25) is 9.89 Å². The highest BCUT2D eigenvalue weighted by atomic mass is 16.1. The number of para-hydroxylation sites is 2. The minimum Gasteiger partial charge on any atom is -0.351 e. The predicted octanol–water partition coefficient (Wildman–Crippen LogP) is 2.45. The Balaban J connectivity index is 1.55. The van der Waals surface area contributed by atoms with Gasteiger partial charge >= 0.3 is 0 Å². The molecule has 3 rings (SSSR count). The normalized spacial score (nSPS) is 11.0. The molecule has 0 unspecified atom stereocenters. The molecule has 0 saturated heterocycles. The van der Waals surface area contributed by atoms with E-state index in [4.69, 9.17) is 0 Å². The number of benzene rings is 1. The molecule has 0 atom stereocenters. The molecule has 3 aromatic rings. The summed E-state index contributed by atoms with van der Waals surface area (Å²) in [6, 6.07) is 9.90. The number of hydrogen-bond donors (Lipinski definition) is 2. The number of imidazole rings is 1. The number of carbonyl (C=O) groups is 1. The minimum atomic E-state index is -0.131. The Hall–Kier alpha value is -2.63. The van der Waals surface area contributed by atoms with E-state index < -0.39 is 0 Å². The lowest BCUT2D eigenvalue weighted by Gasteiger charge is -2.07. The maximum atomic E-state index is 12.0. The molecular formula is C17H21N5O. The summed E-state index contributed by atoms with van der Waals surface area (Å²) >= 11 is 0. The Morgan fingerprint density at radius 3 is 2.96 bits per heavy atom. The molecule has 0 saturated carbocycles. The molecular weight excluding hydrogens is 290 g/mol. The van der Waals surface area contributed by atoms with Crippen LogP contribution in [0.5, 0.6) is 0 Å². The highest BCUT2D eigenvalue weighted by Gasteiger charge is 2.10. The molecule has 23 heavy (non-hydrogen) atoms. The number of amides is 1. The van der Waals surface area contributed by atoms with Crippen LogP contribution in [0.25, 0.3) is 11.0 Å². The van der Waals surface area contributed by atoms with Gasteiger partial charge in [-0.05, 0) is 38.0 Å². The van der Waals surface area contributed by atoms with Crippen LogP contribution in [0.2, 0.25) is 0 Å². The van der Waals surface area contributed by atoms with Gasteiger partial charge in [-0.15, -0.1) is 0 Å². The first kappa shape index (κ1) is 15.3. The van der Waals surface area contributed by atoms with Crippen LogP contribution >= 0.6 is 0 Å². The molecule has 0 bridgehead atoms. The zero-order chi connectivity index (χ0) is 16.2. The first-order valence-corrected chi connectivity index (χ1v) is 7.93. The van der Waals surface area contributed by atoms with E-state index in [1.807, 2.05) is 32.0 Å². The molecule has 0 spiro atoms. The van der Waals surface area contributed by atoms with Gasteiger partial charge in [-0.2, -0.15) is 5.10 Å². The van der Waals surface area contributed by atoms with E-state index in [1.54, 1.807) is 6.07 Å². The molecule has 6 nitrogen and oxygen atoms in total. The van der Waals surface area contributed by atoms with Gasteiger partial charge in [-0.1, -0.05) is 19.1 Å². The maximum Gasteiger partial charge on any atom is 0.271 e. The highest BCUT2D eigenvalue weighted by Crippen LogP contribution is 2.15. The SMILES string of the molecule is CCc1cc(C(=O)NCCCn2c(C)nc3ccccc32)n[nH]1. The number of aromatic nitrogens is 4. The van der Waals surface area contributed by atoms with Crippen molar-refractivity contribution in [2.45, 2.75) is 33.2 Å². The number of H-pyrrole nitrogens is 1. The number of carbonyl (C=O) groups excluding carboxylic acids is 1. The third-order valence-corrected chi connectivity index (χ3v) is 3.93. The van der Waals surface area contributed by atoms with E-state index >= 15 is 0 Å². The molecule has 0 fully saturated rings. The Kier molecular flexibility index (Phi) is 4.41. The van der Waals surface area contributed by atoms with Crippen molar-refractivity contribution in [3.8, 4) is 0 Å². The number of fused-ring (bicyclic) bond motifs is 1. The summed E-state index contributed by atoms with van der Waals surface area (Å²) in [5.41, 5.74) is 3.57. The number of aryl methyl sites for hydroxylation is 3. The summed E-state index contributed by atoms with van der Waals surface area (Å²) in [6.07, 6.45) is 1.69. The summed E-state index contributed by atoms with van der Waals surface area (Å²) in [5, 5.41) is 9.78. The van der Waals surface area contributed by atoms with Gasteiger partial charge in [-0.25, -0.2) is 4.98 Å². The molecule has 120 valence electrons. The zero-order valence-corrected chi connectivity index (χ0v) is 13.5. The minimum absolute atomic E-state index is 0.131. The van der Waals surface area contributed by atoms with Crippen LogP contribution < -0.4 is 5.32 Å². The number of nitrogens with one attached hydrogen (secondary N) is 2. The fraction of sp³-hybridized carbons (Fsp3) is 0.353. The van der Waals surface area contributed by atoms with E-state index in [0.29, 0.717) is 12.2 Å². The van der Waals surface area contributed by atoms with Gasteiger partial charge in [0, 0.05) is 18.8 Å². The Morgan fingerprint density at radius 2 is 2.17 bits per heavy atom. The van der Waals surface area contributed by atoms with E-state index in [9.17, 15) is 4.79 Å². The van der Waals surface area contributed by atoms with Crippen molar-refractivity contribution in [3.63, 3.8) is 0 Å². The van der Waals surface area contributed by atoms with Crippen molar-refractivity contribution in [1.29, 1.82) is 0 Å². The fourth-order valence-electron chi connectivity index (χ4n) is 2.67. The highest BCUT2D eigenvalue weighted by molar-refractivity contribution is 5.92. The first-order chi connectivity index (χ1) is 11.2. The second-order valence-electron chi connectivity index (χ2n) is 5.54. The third kappa shape index (κ3) is 3.26. The third-order valence-electron chi connectivity index (χ3n) is 3.93. The summed E-state index contributed by atoms with van der Waals surface area (Å²) < 4.78 is 2.19. The van der Waals surface area contributed by atoms with Gasteiger partial charge in [0.2, 0.25) is 0 Å². The van der Waals surface area contributed by atoms with Crippen molar-refractivity contribution >= 4 is 16.9 Å². The van der Waals surface area contributed by atoms with Crippen LogP contribution in [0.1, 0.15) is 35.4 Å². The monoisotopic (exact) mass is 311 g/mol. The van der Waals surface area contributed by atoms with Gasteiger partial charge in [0.15, 0.2) is 0 Å². The second kappa shape index (κ2) is 6.64. The Bertz CT molecular complexity index is 817. The summed E-state index contributed by atoms with van der Waals surface area (Å²) in [5.74, 6) is 0.866. The van der Waals surface area contributed by atoms with E-state index in [-0.39, 0.29) is 5.91 Å². The van der Waals surface area contributed by atoms with Crippen molar-refractivity contribution in [1.82, 2.24) is 25.1 Å². The smallest absolute Gasteiger partial charge is 0.271 e. The quantitative estimate of drug-likeness (QED) is 0.687. The van der Waals surface area contributed by atoms with Crippen molar-refractivity contribution < 1.29 is 4.79 Å². The molecule has 0 aliphatic heterocycles. The standard InChI is InChI=1S/C17H21N5O/c1-3-13-11-15(21-20-13)17(23)18-9-6-10-22-12(2)19-14-7-4-5-8-16(14)22/h4-5,7-8,11H,3,6,9-10H2,1-2H3,(H,18,23)(H,20,21). The molecule has 0 aliphatic carbocycles. The number of rotatable bonds is 6. The van der Waals surface area contributed by atoms with Crippen LogP contribution in [0.3, 0.4) is 0 Å². The zero-order valence-electron chi connectivity index (χ0n) is 13.5. The van der Waals surface area contributed by atoms with Crippen LogP contribution in [0.4, 0.5) is 0 Å². The Labute approximate surface area is 134 Å². The van der Waals surface area contributed by atoms with Gasteiger partial charge < -0.3 is 9.88 Å². The molecule has 2 heterocycles. The Morgan fingerprint density at radius 1 is 1.35 bits per heavy atom. The second-order valence-corrected chi connectivity index (χ2v) is 5.54. The molecule has 1 amide bonds. The van der Waals surface area contributed by atoms with Crippen molar-refractivity contribution in [2.24, 2.45) is 0 Å². The summed E-state index contributed by atoms with van der Waals surface area (Å²) in [4.78, 5) is 16.5. The first-order valence-electron chi connectivity index (χ1n) is 7.93. The number of aromatic amines is 1.